The molecule has 3 amide bonds. The minimum absolute atomic E-state index is 0.116. The Hall–Kier alpha value is -4.96. The number of imide groups is 1. The van der Waals surface area contributed by atoms with Crippen LogP contribution in [-0.4, -0.2) is 89.6 Å². The van der Waals surface area contributed by atoms with Crippen molar-refractivity contribution in [3.8, 4) is 0 Å². The molecule has 0 unspecified atom stereocenters. The van der Waals surface area contributed by atoms with Crippen molar-refractivity contribution in [2.24, 2.45) is 5.92 Å². The Kier molecular flexibility index (Phi) is 8.34. The van der Waals surface area contributed by atoms with E-state index in [2.05, 4.69) is 78.8 Å². The van der Waals surface area contributed by atoms with Crippen molar-refractivity contribution in [1.29, 1.82) is 0 Å². The molecule has 4 aliphatic heterocycles. The van der Waals surface area contributed by atoms with Crippen LogP contribution < -0.4 is 15.1 Å². The second-order valence-electron chi connectivity index (χ2n) is 14.9. The minimum atomic E-state index is -0.579. The Morgan fingerprint density at radius 3 is 2.35 bits per heavy atom. The summed E-state index contributed by atoms with van der Waals surface area (Å²) in [4.78, 5) is 46.4. The topological polar surface area (TPSA) is 105 Å². The lowest BCUT2D eigenvalue weighted by Crippen LogP contribution is -2.52. The van der Waals surface area contributed by atoms with Crippen LogP contribution in [0, 0.1) is 5.92 Å². The number of rotatable bonds is 6. The van der Waals surface area contributed by atoms with Crippen LogP contribution in [0.2, 0.25) is 0 Å². The lowest BCUT2D eigenvalue weighted by Gasteiger charge is -2.40. The molecule has 0 saturated carbocycles. The first kappa shape index (κ1) is 32.0. The molecule has 5 heterocycles. The minimum Gasteiger partial charge on any atom is -0.372 e. The van der Waals surface area contributed by atoms with E-state index in [1.54, 1.807) is 4.90 Å². The highest BCUT2D eigenvalue weighted by Crippen LogP contribution is 2.36. The van der Waals surface area contributed by atoms with E-state index in [0.29, 0.717) is 24.4 Å². The largest absolute Gasteiger partial charge is 0.372 e. The Labute approximate surface area is 298 Å². The molecule has 0 radical (unpaired) electrons. The predicted octanol–water partition coefficient (Wildman–Crippen LogP) is 5.13. The molecular formula is C41H45N7O3. The van der Waals surface area contributed by atoms with E-state index >= 15 is 0 Å². The van der Waals surface area contributed by atoms with Gasteiger partial charge in [-0.05, 0) is 109 Å². The maximum absolute atomic E-state index is 13.1. The number of aromatic amines is 1. The third-order valence-corrected chi connectivity index (χ3v) is 11.9. The third-order valence-electron chi connectivity index (χ3n) is 11.9. The first-order valence-electron chi connectivity index (χ1n) is 18.7. The van der Waals surface area contributed by atoms with Crippen LogP contribution in [0.4, 0.5) is 11.4 Å². The van der Waals surface area contributed by atoms with Crippen LogP contribution in [-0.2, 0) is 22.6 Å². The number of carbonyl (C=O) groups excluding carboxylic acids is 3. The number of allylic oxidation sites excluding steroid dienone is 1. The summed E-state index contributed by atoms with van der Waals surface area (Å²) in [5, 5.41) is 11.1. The van der Waals surface area contributed by atoms with Gasteiger partial charge in [-0.25, -0.2) is 0 Å². The van der Waals surface area contributed by atoms with Crippen LogP contribution in [0.3, 0.4) is 0 Å². The SMILES string of the molecule is O=C1CC[C@H](N2Cc3cc(N4CCN(CC5CCN(c6ccc(C7=CCCCc8c7ccc7[nH]ncc87)cc6)CC5)CC4)ccc3C2=O)C(=O)N1. The average Bonchev–Trinajstić information content (AvgIpc) is 3.70. The molecule has 3 fully saturated rings. The Morgan fingerprint density at radius 1 is 0.784 bits per heavy atom. The van der Waals surface area contributed by atoms with Crippen LogP contribution in [0.1, 0.15) is 71.1 Å². The van der Waals surface area contributed by atoms with Crippen molar-refractivity contribution >= 4 is 45.6 Å². The number of piperazine rings is 1. The van der Waals surface area contributed by atoms with Crippen molar-refractivity contribution in [2.75, 3.05) is 55.6 Å². The fraction of sp³-hybridized carbons (Fsp3) is 0.415. The van der Waals surface area contributed by atoms with Gasteiger partial charge in [0.05, 0.1) is 11.7 Å². The van der Waals surface area contributed by atoms with E-state index in [9.17, 15) is 14.4 Å². The highest BCUT2D eigenvalue weighted by Gasteiger charge is 2.39. The number of hydrogen-bond donors (Lipinski definition) is 2. The zero-order valence-corrected chi connectivity index (χ0v) is 29.1. The van der Waals surface area contributed by atoms with Gasteiger partial charge in [-0.15, -0.1) is 0 Å². The number of benzene rings is 3. The molecule has 1 aromatic heterocycles. The van der Waals surface area contributed by atoms with Gasteiger partial charge in [0.25, 0.3) is 5.91 Å². The van der Waals surface area contributed by atoms with Gasteiger partial charge in [-0.3, -0.25) is 29.7 Å². The summed E-state index contributed by atoms with van der Waals surface area (Å²) in [7, 11) is 0. The van der Waals surface area contributed by atoms with E-state index in [-0.39, 0.29) is 24.1 Å². The molecule has 3 aromatic carbocycles. The summed E-state index contributed by atoms with van der Waals surface area (Å²) in [6, 6.07) is 19.2. The molecule has 262 valence electrons. The summed E-state index contributed by atoms with van der Waals surface area (Å²) in [5.74, 6) is -0.0332. The van der Waals surface area contributed by atoms with E-state index < -0.39 is 6.04 Å². The van der Waals surface area contributed by atoms with Crippen LogP contribution in [0.5, 0.6) is 0 Å². The summed E-state index contributed by atoms with van der Waals surface area (Å²) < 4.78 is 0. The number of hydrogen-bond acceptors (Lipinski definition) is 7. The number of aryl methyl sites for hydroxylation is 1. The maximum Gasteiger partial charge on any atom is 0.255 e. The van der Waals surface area contributed by atoms with E-state index in [4.69, 9.17) is 0 Å². The van der Waals surface area contributed by atoms with Crippen molar-refractivity contribution < 1.29 is 14.4 Å². The molecule has 1 aliphatic carbocycles. The maximum atomic E-state index is 13.1. The third kappa shape index (κ3) is 6.09. The predicted molar refractivity (Wildman–Crippen MR) is 199 cm³/mol. The van der Waals surface area contributed by atoms with Gasteiger partial charge in [-0.1, -0.05) is 24.3 Å². The average molecular weight is 684 g/mol. The highest BCUT2D eigenvalue weighted by atomic mass is 16.2. The fourth-order valence-electron chi connectivity index (χ4n) is 9.04. The Bertz CT molecular complexity index is 2020. The number of piperidine rings is 2. The molecule has 0 spiro atoms. The van der Waals surface area contributed by atoms with Gasteiger partial charge < -0.3 is 14.7 Å². The van der Waals surface area contributed by atoms with E-state index in [1.807, 2.05) is 18.3 Å². The molecule has 10 heteroatoms. The Morgan fingerprint density at radius 2 is 1.55 bits per heavy atom. The Balaban J connectivity index is 0.767. The van der Waals surface area contributed by atoms with Crippen molar-refractivity contribution in [1.82, 2.24) is 25.3 Å². The van der Waals surface area contributed by atoms with Crippen LogP contribution >= 0.6 is 0 Å². The number of anilines is 2. The molecule has 2 N–H and O–H groups in total. The summed E-state index contributed by atoms with van der Waals surface area (Å²) >= 11 is 0. The molecule has 51 heavy (non-hydrogen) atoms. The lowest BCUT2D eigenvalue weighted by atomic mass is 9.91. The van der Waals surface area contributed by atoms with Gasteiger partial charge in [0.2, 0.25) is 11.8 Å². The first-order valence-corrected chi connectivity index (χ1v) is 18.7. The fourth-order valence-corrected chi connectivity index (χ4v) is 9.04. The summed E-state index contributed by atoms with van der Waals surface area (Å²) in [6.45, 7) is 7.74. The van der Waals surface area contributed by atoms with Crippen molar-refractivity contribution in [3.63, 3.8) is 0 Å². The zero-order valence-electron chi connectivity index (χ0n) is 29.1. The molecule has 5 aliphatic rings. The lowest BCUT2D eigenvalue weighted by molar-refractivity contribution is -0.136. The molecule has 1 atom stereocenters. The smallest absolute Gasteiger partial charge is 0.255 e. The van der Waals surface area contributed by atoms with Gasteiger partial charge >= 0.3 is 0 Å². The summed E-state index contributed by atoms with van der Waals surface area (Å²) in [5.41, 5.74) is 10.6. The molecule has 0 bridgehead atoms. The van der Waals surface area contributed by atoms with E-state index in [1.165, 1.54) is 46.2 Å². The number of aromatic nitrogens is 2. The monoisotopic (exact) mass is 683 g/mol. The second kappa shape index (κ2) is 13.3. The molecule has 10 nitrogen and oxygen atoms in total. The number of nitrogens with zero attached hydrogens (tertiary/aromatic N) is 5. The molecule has 4 aromatic rings. The number of amides is 3. The molecular weight excluding hydrogens is 638 g/mol. The summed E-state index contributed by atoms with van der Waals surface area (Å²) in [6.07, 6.45) is 10.8. The van der Waals surface area contributed by atoms with Gasteiger partial charge in [0.1, 0.15) is 6.04 Å². The zero-order chi connectivity index (χ0) is 34.5. The number of H-pyrrole nitrogens is 1. The van der Waals surface area contributed by atoms with E-state index in [0.717, 1.165) is 81.8 Å². The molecule has 9 rings (SSSR count). The second-order valence-corrected chi connectivity index (χ2v) is 14.9. The number of fused-ring (bicyclic) bond motifs is 4. The van der Waals surface area contributed by atoms with Crippen molar-refractivity contribution in [3.05, 3.63) is 94.7 Å². The first-order chi connectivity index (χ1) is 25.0. The standard InChI is InChI=1S/C41H45N7O3/c49-39-14-13-38(40(50)43-39)48-26-29-23-31(9-10-33(29)41(48)51)47-21-19-45(20-22-47)25-27-15-17-46(18-16-27)30-7-5-28(6-8-30)32-3-1-2-4-34-35(32)11-12-37-36(34)24-42-44-37/h3,5-12,23-24,27,38H,1-2,4,13-22,25-26H2,(H,42,44)(H,43,49,50)/t38-/m0/s1. The number of carbonyl (C=O) groups is 3. The van der Waals surface area contributed by atoms with Crippen LogP contribution in [0.15, 0.2) is 66.9 Å². The van der Waals surface area contributed by atoms with Gasteiger partial charge in [0, 0.05) is 81.1 Å². The van der Waals surface area contributed by atoms with Gasteiger partial charge in [-0.2, -0.15) is 5.10 Å². The highest BCUT2D eigenvalue weighted by molar-refractivity contribution is 6.05. The van der Waals surface area contributed by atoms with Crippen LogP contribution in [0.25, 0.3) is 16.5 Å². The molecule has 3 saturated heterocycles. The normalized spacial score (nSPS) is 21.8. The number of nitrogens with one attached hydrogen (secondary N) is 2. The van der Waals surface area contributed by atoms with Crippen molar-refractivity contribution in [2.45, 2.75) is 57.5 Å². The van der Waals surface area contributed by atoms with Gasteiger partial charge in [0.15, 0.2) is 0 Å². The quantitative estimate of drug-likeness (QED) is 0.272.